The first-order valence-electron chi connectivity index (χ1n) is 16.4. The summed E-state index contributed by atoms with van der Waals surface area (Å²) in [5.41, 5.74) is 10.8. The highest BCUT2D eigenvalue weighted by Crippen LogP contribution is 2.47. The van der Waals surface area contributed by atoms with E-state index in [0.29, 0.717) is 22.3 Å². The van der Waals surface area contributed by atoms with Crippen molar-refractivity contribution >= 4 is 32.3 Å². The van der Waals surface area contributed by atoms with E-state index in [1.165, 1.54) is 32.7 Å². The smallest absolute Gasteiger partial charge is 0.0477 e. The van der Waals surface area contributed by atoms with Crippen molar-refractivity contribution in [2.75, 3.05) is 0 Å². The Morgan fingerprint density at radius 1 is 0.320 bits per heavy atom. The molecule has 0 amide bonds. The zero-order valence-electron chi connectivity index (χ0n) is 27.2. The van der Waals surface area contributed by atoms with Crippen molar-refractivity contribution in [1.29, 1.82) is 0 Å². The van der Waals surface area contributed by atoms with Crippen molar-refractivity contribution in [3.8, 4) is 93.9 Å². The van der Waals surface area contributed by atoms with Gasteiger partial charge in [-0.05, 0) is 95.0 Å². The summed E-state index contributed by atoms with van der Waals surface area (Å²) in [4.78, 5) is 0. The largest absolute Gasteiger partial charge is 0.115 e. The number of hydrogen-bond donors (Lipinski definition) is 0. The molecule has 0 aliphatic rings. The van der Waals surface area contributed by atoms with Crippen molar-refractivity contribution < 1.29 is 0 Å². The molecule has 0 N–H and O–H groups in total. The molecular weight excluding hydrogens is 601 g/mol. The molecule has 0 aromatic heterocycles. The molecule has 0 fully saturated rings. The van der Waals surface area contributed by atoms with E-state index in [4.69, 9.17) is 25.7 Å². The molecule has 0 saturated carbocycles. The molecule has 0 nitrogen and oxygen atoms in total. The van der Waals surface area contributed by atoms with Gasteiger partial charge in [0.15, 0.2) is 0 Å². The lowest BCUT2D eigenvalue weighted by Crippen LogP contribution is -1.97. The van der Waals surface area contributed by atoms with E-state index in [9.17, 15) is 0 Å². The Morgan fingerprint density at radius 3 is 1.34 bits per heavy atom. The first-order chi connectivity index (χ1) is 24.7. The van der Waals surface area contributed by atoms with Crippen molar-refractivity contribution in [1.82, 2.24) is 0 Å². The molecule has 0 heterocycles. The minimum atomic E-state index is 0.657. The molecule has 8 aromatic rings. The Labute approximate surface area is 293 Å². The zero-order chi connectivity index (χ0) is 34.2. The number of benzene rings is 8. The van der Waals surface area contributed by atoms with Crippen LogP contribution in [0.2, 0.25) is 0 Å². The highest BCUT2D eigenvalue weighted by molar-refractivity contribution is 6.23. The van der Waals surface area contributed by atoms with Crippen LogP contribution in [0.25, 0.3) is 76.8 Å². The molecule has 0 heteroatoms. The molecule has 0 saturated heterocycles. The second-order valence-electron chi connectivity index (χ2n) is 12.2. The fourth-order valence-corrected chi connectivity index (χ4v) is 7.44. The molecule has 50 heavy (non-hydrogen) atoms. The zero-order valence-corrected chi connectivity index (χ0v) is 27.2. The van der Waals surface area contributed by atoms with Gasteiger partial charge in [-0.2, -0.15) is 0 Å². The summed E-state index contributed by atoms with van der Waals surface area (Å²) in [6.07, 6.45) is 24.1. The van der Waals surface area contributed by atoms with Crippen LogP contribution < -0.4 is 0 Å². The van der Waals surface area contributed by atoms with Crippen LogP contribution in [0, 0.1) is 49.4 Å². The third-order valence-corrected chi connectivity index (χ3v) is 9.61. The van der Waals surface area contributed by atoms with Gasteiger partial charge in [-0.15, -0.1) is 25.7 Å². The van der Waals surface area contributed by atoms with Gasteiger partial charge in [0.1, 0.15) is 0 Å². The van der Waals surface area contributed by atoms with Crippen LogP contribution >= 0.6 is 0 Å². The van der Waals surface area contributed by atoms with Gasteiger partial charge < -0.3 is 0 Å². The molecule has 0 bridgehead atoms. The van der Waals surface area contributed by atoms with Crippen LogP contribution in [0.15, 0.2) is 146 Å². The van der Waals surface area contributed by atoms with E-state index in [-0.39, 0.29) is 0 Å². The minimum Gasteiger partial charge on any atom is -0.115 e. The fourth-order valence-electron chi connectivity index (χ4n) is 7.44. The van der Waals surface area contributed by atoms with Gasteiger partial charge in [-0.1, -0.05) is 151 Å². The Kier molecular flexibility index (Phi) is 7.49. The summed E-state index contributed by atoms with van der Waals surface area (Å²) in [6.45, 7) is 0. The number of fused-ring (bicyclic) bond motifs is 3. The molecule has 0 aliphatic heterocycles. The molecule has 228 valence electrons. The van der Waals surface area contributed by atoms with Gasteiger partial charge in [0.05, 0.1) is 0 Å². The molecule has 0 spiro atoms. The molecule has 8 rings (SSSR count). The van der Waals surface area contributed by atoms with Gasteiger partial charge in [0.2, 0.25) is 0 Å². The van der Waals surface area contributed by atoms with E-state index >= 15 is 0 Å². The fraction of sp³-hybridized carbons (Fsp3) is 0. The van der Waals surface area contributed by atoms with E-state index < -0.39 is 0 Å². The number of rotatable bonds is 4. The third kappa shape index (κ3) is 4.73. The van der Waals surface area contributed by atoms with Gasteiger partial charge in [0.25, 0.3) is 0 Å². The van der Waals surface area contributed by atoms with E-state index in [2.05, 4.69) is 133 Å². The third-order valence-electron chi connectivity index (χ3n) is 9.61. The highest BCUT2D eigenvalue weighted by atomic mass is 14.2. The Hall–Kier alpha value is -7.22. The van der Waals surface area contributed by atoms with Crippen LogP contribution in [0.1, 0.15) is 22.3 Å². The molecule has 0 unspecified atom stereocenters. The Balaban J connectivity index is 1.50. The van der Waals surface area contributed by atoms with Crippen molar-refractivity contribution in [3.63, 3.8) is 0 Å². The van der Waals surface area contributed by atoms with Crippen molar-refractivity contribution in [2.24, 2.45) is 0 Å². The normalized spacial score (nSPS) is 10.7. The Morgan fingerprint density at radius 2 is 0.780 bits per heavy atom. The monoisotopic (exact) mass is 628 g/mol. The molecule has 0 radical (unpaired) electrons. The van der Waals surface area contributed by atoms with E-state index in [0.717, 1.165) is 44.2 Å². The summed E-state index contributed by atoms with van der Waals surface area (Å²) in [5, 5.41) is 7.10. The maximum atomic E-state index is 6.16. The van der Waals surface area contributed by atoms with E-state index in [1.54, 1.807) is 0 Å². The van der Waals surface area contributed by atoms with Crippen LogP contribution in [0.4, 0.5) is 0 Å². The number of terminal acetylenes is 4. The molecule has 0 aliphatic carbocycles. The first-order valence-corrected chi connectivity index (χ1v) is 16.4. The maximum absolute atomic E-state index is 6.16. The predicted molar refractivity (Wildman–Crippen MR) is 212 cm³/mol. The van der Waals surface area contributed by atoms with Crippen LogP contribution in [0.5, 0.6) is 0 Å². The summed E-state index contributed by atoms with van der Waals surface area (Å²) >= 11 is 0. The Bertz CT molecular complexity index is 2790. The van der Waals surface area contributed by atoms with Gasteiger partial charge in [-0.25, -0.2) is 0 Å². The first kappa shape index (κ1) is 30.1. The lowest BCUT2D eigenvalue weighted by Gasteiger charge is -2.21. The summed E-state index contributed by atoms with van der Waals surface area (Å²) in [6, 6.07) is 50.7. The molecule has 0 atom stereocenters. The lowest BCUT2D eigenvalue weighted by atomic mass is 9.82. The molecular formula is C50H28. The topological polar surface area (TPSA) is 0 Å². The average Bonchev–Trinajstić information content (AvgIpc) is 3.18. The van der Waals surface area contributed by atoms with Crippen molar-refractivity contribution in [3.05, 3.63) is 168 Å². The highest BCUT2D eigenvalue weighted by Gasteiger charge is 2.21. The second kappa shape index (κ2) is 12.4. The SMILES string of the molecule is C#Cc1cccc(-c2ccc(-c3c4ccccc4c(-c4cccc5ccccc45)c4ccccc34)cc2-c2cccc(C#C)c2C#C)c1C#C. The minimum absolute atomic E-state index is 0.657. The molecule has 8 aromatic carbocycles. The van der Waals surface area contributed by atoms with E-state index in [1.807, 2.05) is 36.4 Å². The quantitative estimate of drug-likeness (QED) is 0.134. The summed E-state index contributed by atoms with van der Waals surface area (Å²) < 4.78 is 0. The summed E-state index contributed by atoms with van der Waals surface area (Å²) in [7, 11) is 0. The maximum Gasteiger partial charge on any atom is 0.0477 e. The summed E-state index contributed by atoms with van der Waals surface area (Å²) in [5.74, 6) is 11.3. The average molecular weight is 629 g/mol. The standard InChI is InChI=1S/C50H28/c1-5-33-19-15-27-40(37(33)7-3)42-31-30-36(32-48(42)41-28-16-20-34(6-2)38(41)8-4)49-44-23-11-13-25-46(44)50(47-26-14-12-24-45(47)49)43-29-17-21-35-18-9-10-22-39(35)43/h1-4,9-32H. The predicted octanol–water partition coefficient (Wildman–Crippen LogP) is 11.7. The van der Waals surface area contributed by atoms with Crippen LogP contribution in [-0.2, 0) is 0 Å². The van der Waals surface area contributed by atoms with Crippen LogP contribution in [-0.4, -0.2) is 0 Å². The van der Waals surface area contributed by atoms with Gasteiger partial charge >= 0.3 is 0 Å². The van der Waals surface area contributed by atoms with Gasteiger partial charge in [0, 0.05) is 22.3 Å². The van der Waals surface area contributed by atoms with Crippen molar-refractivity contribution in [2.45, 2.75) is 0 Å². The lowest BCUT2D eigenvalue weighted by molar-refractivity contribution is 1.52. The van der Waals surface area contributed by atoms with Gasteiger partial charge in [-0.3, -0.25) is 0 Å². The van der Waals surface area contributed by atoms with Crippen LogP contribution in [0.3, 0.4) is 0 Å². The number of hydrogen-bond acceptors (Lipinski definition) is 0. The second-order valence-corrected chi connectivity index (χ2v) is 12.2.